The van der Waals surface area contributed by atoms with Gasteiger partial charge in [-0.25, -0.2) is 4.79 Å². The quantitative estimate of drug-likeness (QED) is 0.211. The lowest BCUT2D eigenvalue weighted by atomic mass is 10.1. The fraction of sp³-hybridized carbons (Fsp3) is 0.0833. The zero-order valence-electron chi connectivity index (χ0n) is 17.2. The van der Waals surface area contributed by atoms with Gasteiger partial charge in [0.05, 0.1) is 25.5 Å². The van der Waals surface area contributed by atoms with E-state index in [-0.39, 0.29) is 24.8 Å². The number of hydrogen-bond acceptors (Lipinski definition) is 3. The van der Waals surface area contributed by atoms with Crippen LogP contribution in [0.1, 0.15) is 16.7 Å². The van der Waals surface area contributed by atoms with Crippen LogP contribution >= 0.6 is 71.0 Å². The Morgan fingerprint density at radius 3 is 2.18 bits per heavy atom. The van der Waals surface area contributed by atoms with Gasteiger partial charge in [-0.1, -0.05) is 57.3 Å². The van der Waals surface area contributed by atoms with Gasteiger partial charge in [-0.2, -0.15) is 0 Å². The van der Waals surface area contributed by atoms with E-state index < -0.39 is 6.03 Å². The summed E-state index contributed by atoms with van der Waals surface area (Å²) < 4.78 is 8.22. The molecular formula is C24H15Br3Cl2N2O3. The lowest BCUT2D eigenvalue weighted by molar-refractivity contribution is -0.123. The highest BCUT2D eigenvalue weighted by molar-refractivity contribution is 9.11. The van der Waals surface area contributed by atoms with Crippen molar-refractivity contribution < 1.29 is 14.3 Å². The molecule has 174 valence electrons. The van der Waals surface area contributed by atoms with Crippen LogP contribution in [0.5, 0.6) is 5.75 Å². The number of nitrogens with zero attached hydrogens (tertiary/aromatic N) is 1. The van der Waals surface area contributed by atoms with Crippen molar-refractivity contribution in [3.05, 3.63) is 100 Å². The number of hydrogen-bond donors (Lipinski definition) is 1. The first kappa shape index (κ1) is 25.3. The van der Waals surface area contributed by atoms with Gasteiger partial charge in [0.2, 0.25) is 0 Å². The lowest BCUT2D eigenvalue weighted by Crippen LogP contribution is -2.30. The molecule has 1 heterocycles. The molecule has 0 aliphatic carbocycles. The molecule has 1 N–H and O–H groups in total. The van der Waals surface area contributed by atoms with E-state index >= 15 is 0 Å². The highest BCUT2D eigenvalue weighted by atomic mass is 79.9. The lowest BCUT2D eigenvalue weighted by Gasteiger charge is -2.12. The first-order valence-electron chi connectivity index (χ1n) is 9.86. The van der Waals surface area contributed by atoms with Crippen molar-refractivity contribution in [3.63, 3.8) is 0 Å². The summed E-state index contributed by atoms with van der Waals surface area (Å²) in [6.07, 6.45) is 1.63. The second kappa shape index (κ2) is 10.8. The number of carbonyl (C=O) groups is 2. The summed E-state index contributed by atoms with van der Waals surface area (Å²) in [6.45, 7) is 0.470. The molecule has 0 saturated carbocycles. The number of urea groups is 1. The van der Waals surface area contributed by atoms with E-state index in [2.05, 4.69) is 53.1 Å². The van der Waals surface area contributed by atoms with Gasteiger partial charge in [-0.05, 0) is 91.0 Å². The van der Waals surface area contributed by atoms with Crippen LogP contribution in [0.2, 0.25) is 10.0 Å². The van der Waals surface area contributed by atoms with E-state index in [1.54, 1.807) is 30.3 Å². The number of benzene rings is 3. The van der Waals surface area contributed by atoms with E-state index in [4.69, 9.17) is 27.9 Å². The zero-order chi connectivity index (χ0) is 24.4. The molecule has 34 heavy (non-hydrogen) atoms. The third-order valence-corrected chi connectivity index (χ3v) is 7.36. The SMILES string of the molecule is O=C1N/C(=C/c2cc(Br)c(OCc3ccc(Cl)c(Cl)c3)c(Br)c2)C(=O)N1Cc1ccc(Br)cc1. The Labute approximate surface area is 231 Å². The molecule has 0 unspecified atom stereocenters. The molecule has 0 spiro atoms. The Kier molecular flexibility index (Phi) is 8.05. The van der Waals surface area contributed by atoms with Crippen LogP contribution in [-0.4, -0.2) is 16.8 Å². The minimum atomic E-state index is -0.459. The van der Waals surface area contributed by atoms with Crippen LogP contribution in [0.4, 0.5) is 4.79 Å². The first-order valence-corrected chi connectivity index (χ1v) is 13.0. The van der Waals surface area contributed by atoms with Gasteiger partial charge >= 0.3 is 6.03 Å². The maximum Gasteiger partial charge on any atom is 0.329 e. The molecule has 0 aromatic heterocycles. The monoisotopic (exact) mass is 686 g/mol. The number of halogens is 5. The van der Waals surface area contributed by atoms with Crippen LogP contribution in [0.15, 0.2) is 73.7 Å². The van der Waals surface area contributed by atoms with Gasteiger partial charge in [-0.15, -0.1) is 0 Å². The summed E-state index contributed by atoms with van der Waals surface area (Å²) in [6, 6.07) is 15.9. The number of rotatable bonds is 6. The van der Waals surface area contributed by atoms with E-state index in [0.29, 0.717) is 30.3 Å². The second-order valence-electron chi connectivity index (χ2n) is 7.36. The minimum Gasteiger partial charge on any atom is -0.487 e. The Balaban J connectivity index is 1.49. The van der Waals surface area contributed by atoms with Gasteiger partial charge in [0.25, 0.3) is 5.91 Å². The maximum atomic E-state index is 12.8. The molecule has 1 aliphatic rings. The van der Waals surface area contributed by atoms with Gasteiger partial charge in [0.15, 0.2) is 0 Å². The Hall–Kier alpha value is -1.84. The van der Waals surface area contributed by atoms with Gasteiger partial charge in [-0.3, -0.25) is 9.69 Å². The number of ether oxygens (including phenoxy) is 1. The van der Waals surface area contributed by atoms with Crippen molar-refractivity contribution >= 4 is 89.0 Å². The average molecular weight is 690 g/mol. The summed E-state index contributed by atoms with van der Waals surface area (Å²) in [5, 5.41) is 3.59. The maximum absolute atomic E-state index is 12.8. The number of amides is 3. The number of imide groups is 1. The number of nitrogens with one attached hydrogen (secondary N) is 1. The molecular weight excluding hydrogens is 675 g/mol. The number of carbonyl (C=O) groups excluding carboxylic acids is 2. The topological polar surface area (TPSA) is 58.6 Å². The third kappa shape index (κ3) is 5.86. The van der Waals surface area contributed by atoms with Crippen molar-refractivity contribution in [1.82, 2.24) is 10.2 Å². The largest absolute Gasteiger partial charge is 0.487 e. The molecule has 4 rings (SSSR count). The first-order chi connectivity index (χ1) is 16.2. The average Bonchev–Trinajstić information content (AvgIpc) is 3.04. The highest BCUT2D eigenvalue weighted by Gasteiger charge is 2.33. The fourth-order valence-electron chi connectivity index (χ4n) is 3.24. The van der Waals surface area contributed by atoms with Gasteiger partial charge in [0, 0.05) is 4.47 Å². The molecule has 3 aromatic carbocycles. The fourth-order valence-corrected chi connectivity index (χ4v) is 5.28. The third-order valence-electron chi connectivity index (χ3n) is 4.92. The Morgan fingerprint density at radius 2 is 1.53 bits per heavy atom. The summed E-state index contributed by atoms with van der Waals surface area (Å²) in [5.41, 5.74) is 2.62. The molecule has 3 amide bonds. The molecule has 1 fully saturated rings. The summed E-state index contributed by atoms with van der Waals surface area (Å²) in [4.78, 5) is 26.4. The zero-order valence-corrected chi connectivity index (χ0v) is 23.5. The van der Waals surface area contributed by atoms with Crippen molar-refractivity contribution in [3.8, 4) is 5.75 Å². The smallest absolute Gasteiger partial charge is 0.329 e. The molecule has 10 heteroatoms. The standard InChI is InChI=1S/C24H15Br3Cl2N2O3/c25-16-4-1-13(2-5-16)11-31-23(32)21(30-24(31)33)10-15-7-17(26)22(18(27)8-15)34-12-14-3-6-19(28)20(29)9-14/h1-10H,11-12H2,(H,30,33)/b21-10+. The predicted octanol–water partition coefficient (Wildman–Crippen LogP) is 7.95. The molecule has 3 aromatic rings. The molecule has 1 aliphatic heterocycles. The van der Waals surface area contributed by atoms with Crippen molar-refractivity contribution in [2.75, 3.05) is 0 Å². The van der Waals surface area contributed by atoms with Crippen LogP contribution in [0.25, 0.3) is 6.08 Å². The van der Waals surface area contributed by atoms with E-state index in [1.807, 2.05) is 30.3 Å². The predicted molar refractivity (Wildman–Crippen MR) is 144 cm³/mol. The van der Waals surface area contributed by atoms with Crippen LogP contribution in [0.3, 0.4) is 0 Å². The van der Waals surface area contributed by atoms with Crippen LogP contribution < -0.4 is 10.1 Å². The van der Waals surface area contributed by atoms with Crippen LogP contribution in [0, 0.1) is 0 Å². The molecule has 1 saturated heterocycles. The van der Waals surface area contributed by atoms with Crippen molar-refractivity contribution in [2.24, 2.45) is 0 Å². The van der Waals surface area contributed by atoms with E-state index in [9.17, 15) is 9.59 Å². The van der Waals surface area contributed by atoms with Crippen LogP contribution in [-0.2, 0) is 17.9 Å². The second-order valence-corrected chi connectivity index (χ2v) is 10.8. The molecule has 0 atom stereocenters. The summed E-state index contributed by atoms with van der Waals surface area (Å²) >= 11 is 22.4. The highest BCUT2D eigenvalue weighted by Crippen LogP contribution is 2.36. The van der Waals surface area contributed by atoms with Gasteiger partial charge < -0.3 is 10.1 Å². The van der Waals surface area contributed by atoms with E-state index in [1.165, 1.54) is 4.90 Å². The summed E-state index contributed by atoms with van der Waals surface area (Å²) in [7, 11) is 0. The molecule has 5 nitrogen and oxygen atoms in total. The minimum absolute atomic E-state index is 0.185. The normalized spacial score (nSPS) is 14.6. The van der Waals surface area contributed by atoms with Crippen molar-refractivity contribution in [2.45, 2.75) is 13.2 Å². The molecule has 0 radical (unpaired) electrons. The van der Waals surface area contributed by atoms with Gasteiger partial charge in [0.1, 0.15) is 18.1 Å². The summed E-state index contributed by atoms with van der Waals surface area (Å²) in [5.74, 6) is 0.201. The van der Waals surface area contributed by atoms with E-state index in [0.717, 1.165) is 15.6 Å². The van der Waals surface area contributed by atoms with Crippen molar-refractivity contribution in [1.29, 1.82) is 0 Å². The Bertz CT molecular complexity index is 1290. The molecule has 0 bridgehead atoms. The Morgan fingerprint density at radius 1 is 0.882 bits per heavy atom.